The summed E-state index contributed by atoms with van der Waals surface area (Å²) in [4.78, 5) is 12.0. The molecule has 23 heavy (non-hydrogen) atoms. The summed E-state index contributed by atoms with van der Waals surface area (Å²) in [6.07, 6.45) is 0.929. The van der Waals surface area contributed by atoms with Gasteiger partial charge < -0.3 is 10.6 Å². The summed E-state index contributed by atoms with van der Waals surface area (Å²) >= 11 is 6.22. The molecule has 0 aliphatic rings. The number of nitrogens with one attached hydrogen (secondary N) is 2. The lowest BCUT2D eigenvalue weighted by atomic mass is 10.1. The molecule has 0 aliphatic heterocycles. The van der Waals surface area contributed by atoms with Crippen LogP contribution in [0.2, 0.25) is 5.15 Å². The topological polar surface area (TPSA) is 59.0 Å². The molecule has 6 heteroatoms. The first-order chi connectivity index (χ1) is 11.0. The van der Waals surface area contributed by atoms with Crippen LogP contribution in [0.5, 0.6) is 0 Å². The van der Waals surface area contributed by atoms with Crippen LogP contribution in [0.1, 0.15) is 40.5 Å². The number of nitrogens with zero attached hydrogens (tertiary/aromatic N) is 2. The highest BCUT2D eigenvalue weighted by Gasteiger charge is 2.10. The number of amides is 1. The van der Waals surface area contributed by atoms with Crippen molar-refractivity contribution in [3.05, 3.63) is 51.8 Å². The van der Waals surface area contributed by atoms with Crippen molar-refractivity contribution in [1.82, 2.24) is 20.4 Å². The second-order valence-corrected chi connectivity index (χ2v) is 5.90. The lowest BCUT2D eigenvalue weighted by molar-refractivity contribution is 0.0953. The zero-order valence-electron chi connectivity index (χ0n) is 13.8. The molecule has 0 fully saturated rings. The van der Waals surface area contributed by atoms with Gasteiger partial charge in [-0.2, -0.15) is 5.10 Å². The number of hydrogen-bond donors (Lipinski definition) is 2. The van der Waals surface area contributed by atoms with Crippen LogP contribution in [0, 0.1) is 6.92 Å². The van der Waals surface area contributed by atoms with Gasteiger partial charge in [0.2, 0.25) is 0 Å². The lowest BCUT2D eigenvalue weighted by Crippen LogP contribution is -2.24. The maximum Gasteiger partial charge on any atom is 0.251 e. The third kappa shape index (κ3) is 4.56. The zero-order chi connectivity index (χ0) is 16.8. The molecule has 2 N–H and O–H groups in total. The Kier molecular flexibility index (Phi) is 6.19. The maximum absolute atomic E-state index is 12.0. The van der Waals surface area contributed by atoms with Crippen molar-refractivity contribution in [3.8, 4) is 0 Å². The second kappa shape index (κ2) is 8.13. The molecule has 0 aliphatic carbocycles. The molecule has 0 bridgehead atoms. The van der Waals surface area contributed by atoms with Crippen LogP contribution in [-0.4, -0.2) is 22.2 Å². The van der Waals surface area contributed by atoms with Gasteiger partial charge in [0.05, 0.1) is 5.69 Å². The molecule has 0 unspecified atom stereocenters. The minimum absolute atomic E-state index is 0.0279. The molecule has 0 spiro atoms. The fourth-order valence-corrected chi connectivity index (χ4v) is 2.61. The number of hydrogen-bond acceptors (Lipinski definition) is 3. The maximum atomic E-state index is 12.0. The molecule has 1 aromatic heterocycles. The molecule has 0 atom stereocenters. The van der Waals surface area contributed by atoms with Crippen LogP contribution in [-0.2, 0) is 20.1 Å². The molecule has 0 saturated carbocycles. The summed E-state index contributed by atoms with van der Waals surface area (Å²) in [7, 11) is 1.83. The molecule has 1 heterocycles. The Bertz CT molecular complexity index is 681. The van der Waals surface area contributed by atoms with E-state index in [1.54, 1.807) is 4.68 Å². The van der Waals surface area contributed by atoms with E-state index in [9.17, 15) is 4.79 Å². The molecular formula is C17H23ClN4O. The van der Waals surface area contributed by atoms with Crippen molar-refractivity contribution in [3.63, 3.8) is 0 Å². The predicted octanol–water partition coefficient (Wildman–Crippen LogP) is 2.81. The highest BCUT2D eigenvalue weighted by molar-refractivity contribution is 6.30. The normalized spacial score (nSPS) is 10.8. The van der Waals surface area contributed by atoms with Crippen molar-refractivity contribution in [2.75, 3.05) is 6.54 Å². The summed E-state index contributed by atoms with van der Waals surface area (Å²) in [6.45, 7) is 5.98. The van der Waals surface area contributed by atoms with E-state index in [0.717, 1.165) is 23.2 Å². The molecule has 1 amide bonds. The van der Waals surface area contributed by atoms with Crippen LogP contribution < -0.4 is 10.6 Å². The van der Waals surface area contributed by atoms with E-state index in [0.29, 0.717) is 30.4 Å². The first-order valence-electron chi connectivity index (χ1n) is 7.78. The summed E-state index contributed by atoms with van der Waals surface area (Å²) < 4.78 is 1.67. The van der Waals surface area contributed by atoms with Crippen molar-refractivity contribution >= 4 is 17.5 Å². The average Bonchev–Trinajstić information content (AvgIpc) is 2.79. The SMILES string of the molecule is CCCNC(=O)c1cccc(CNCc2c(C)nn(C)c2Cl)c1. The van der Waals surface area contributed by atoms with E-state index in [2.05, 4.69) is 15.7 Å². The van der Waals surface area contributed by atoms with Crippen molar-refractivity contribution in [2.24, 2.45) is 7.05 Å². The number of rotatable bonds is 7. The van der Waals surface area contributed by atoms with E-state index >= 15 is 0 Å². The van der Waals surface area contributed by atoms with Gasteiger partial charge in [-0.25, -0.2) is 0 Å². The average molecular weight is 335 g/mol. The Balaban J connectivity index is 1.94. The molecule has 5 nitrogen and oxygen atoms in total. The predicted molar refractivity (Wildman–Crippen MR) is 92.6 cm³/mol. The van der Waals surface area contributed by atoms with Gasteiger partial charge in [-0.3, -0.25) is 9.48 Å². The van der Waals surface area contributed by atoms with Gasteiger partial charge in [0, 0.05) is 37.8 Å². The van der Waals surface area contributed by atoms with Crippen LogP contribution in [0.4, 0.5) is 0 Å². The monoisotopic (exact) mass is 334 g/mol. The molecule has 0 radical (unpaired) electrons. The summed E-state index contributed by atoms with van der Waals surface area (Å²) in [6, 6.07) is 7.65. The van der Waals surface area contributed by atoms with E-state index in [4.69, 9.17) is 11.6 Å². The first kappa shape index (κ1) is 17.5. The van der Waals surface area contributed by atoms with Crippen LogP contribution in [0.25, 0.3) is 0 Å². The van der Waals surface area contributed by atoms with Gasteiger partial charge in [0.1, 0.15) is 5.15 Å². The fourth-order valence-electron chi connectivity index (χ4n) is 2.37. The summed E-state index contributed by atoms with van der Waals surface area (Å²) in [5, 5.41) is 11.2. The Morgan fingerprint density at radius 3 is 2.78 bits per heavy atom. The highest BCUT2D eigenvalue weighted by atomic mass is 35.5. The van der Waals surface area contributed by atoms with Gasteiger partial charge in [-0.15, -0.1) is 0 Å². The molecular weight excluding hydrogens is 312 g/mol. The molecule has 124 valence electrons. The highest BCUT2D eigenvalue weighted by Crippen LogP contribution is 2.18. The van der Waals surface area contributed by atoms with Crippen molar-refractivity contribution in [1.29, 1.82) is 0 Å². The first-order valence-corrected chi connectivity index (χ1v) is 8.16. The molecule has 2 aromatic rings. The van der Waals surface area contributed by atoms with Crippen LogP contribution >= 0.6 is 11.6 Å². The number of halogens is 1. The number of benzene rings is 1. The van der Waals surface area contributed by atoms with Crippen LogP contribution in [0.3, 0.4) is 0 Å². The van der Waals surface area contributed by atoms with Gasteiger partial charge >= 0.3 is 0 Å². The van der Waals surface area contributed by atoms with E-state index in [1.807, 2.05) is 45.2 Å². The van der Waals surface area contributed by atoms with E-state index < -0.39 is 0 Å². The number of aryl methyl sites for hydroxylation is 2. The number of carbonyl (C=O) groups is 1. The van der Waals surface area contributed by atoms with Gasteiger partial charge in [-0.1, -0.05) is 30.7 Å². The van der Waals surface area contributed by atoms with Crippen LogP contribution in [0.15, 0.2) is 24.3 Å². The second-order valence-electron chi connectivity index (χ2n) is 5.54. The quantitative estimate of drug-likeness (QED) is 0.818. The van der Waals surface area contributed by atoms with Crippen molar-refractivity contribution < 1.29 is 4.79 Å². The molecule has 1 aromatic carbocycles. The summed E-state index contributed by atoms with van der Waals surface area (Å²) in [5.74, 6) is -0.0279. The number of aromatic nitrogens is 2. The smallest absolute Gasteiger partial charge is 0.251 e. The minimum atomic E-state index is -0.0279. The summed E-state index contributed by atoms with van der Waals surface area (Å²) in [5.41, 5.74) is 3.68. The Morgan fingerprint density at radius 2 is 2.13 bits per heavy atom. The van der Waals surface area contributed by atoms with Gasteiger partial charge in [-0.05, 0) is 31.0 Å². The fraction of sp³-hybridized carbons (Fsp3) is 0.412. The zero-order valence-corrected chi connectivity index (χ0v) is 14.6. The third-order valence-electron chi connectivity index (χ3n) is 3.63. The number of carbonyl (C=O) groups excluding carboxylic acids is 1. The minimum Gasteiger partial charge on any atom is -0.352 e. The Hall–Kier alpha value is -1.85. The standard InChI is InChI=1S/C17H23ClN4O/c1-4-8-20-17(23)14-7-5-6-13(9-14)10-19-11-15-12(2)21-22(3)16(15)18/h5-7,9,19H,4,8,10-11H2,1-3H3,(H,20,23). The molecule has 2 rings (SSSR count). The third-order valence-corrected chi connectivity index (χ3v) is 4.10. The van der Waals surface area contributed by atoms with E-state index in [-0.39, 0.29) is 5.91 Å². The van der Waals surface area contributed by atoms with Gasteiger partial charge in [0.25, 0.3) is 5.91 Å². The Labute approximate surface area is 142 Å². The van der Waals surface area contributed by atoms with Gasteiger partial charge in [0.15, 0.2) is 0 Å². The molecule has 0 saturated heterocycles. The lowest BCUT2D eigenvalue weighted by Gasteiger charge is -2.08. The van der Waals surface area contributed by atoms with E-state index in [1.165, 1.54) is 0 Å². The largest absolute Gasteiger partial charge is 0.352 e. The van der Waals surface area contributed by atoms with Crippen molar-refractivity contribution in [2.45, 2.75) is 33.4 Å². The Morgan fingerprint density at radius 1 is 1.35 bits per heavy atom.